The SMILES string of the molecule is N#CCC(c1ccccc1)n1cc(Br)cn1. The lowest BCUT2D eigenvalue weighted by Crippen LogP contribution is -2.10. The Morgan fingerprint density at radius 3 is 2.69 bits per heavy atom. The van der Waals surface area contributed by atoms with Crippen molar-refractivity contribution in [3.63, 3.8) is 0 Å². The van der Waals surface area contributed by atoms with Crippen LogP contribution in [0.3, 0.4) is 0 Å². The first-order valence-corrected chi connectivity index (χ1v) is 5.72. The highest BCUT2D eigenvalue weighted by Gasteiger charge is 2.13. The van der Waals surface area contributed by atoms with Crippen LogP contribution in [0.4, 0.5) is 0 Å². The second-order valence-electron chi connectivity index (χ2n) is 3.43. The second-order valence-corrected chi connectivity index (χ2v) is 4.34. The van der Waals surface area contributed by atoms with Gasteiger partial charge in [0.05, 0.1) is 29.2 Å². The maximum Gasteiger partial charge on any atom is 0.0898 e. The Labute approximate surface area is 102 Å². The molecule has 2 rings (SSSR count). The molecular weight excluding hydrogens is 266 g/mol. The van der Waals surface area contributed by atoms with E-state index in [2.05, 4.69) is 27.1 Å². The summed E-state index contributed by atoms with van der Waals surface area (Å²) in [4.78, 5) is 0. The van der Waals surface area contributed by atoms with Crippen molar-refractivity contribution in [3.05, 3.63) is 52.8 Å². The first-order valence-electron chi connectivity index (χ1n) is 4.93. The first kappa shape index (κ1) is 10.9. The van der Waals surface area contributed by atoms with Crippen LogP contribution in [0.2, 0.25) is 0 Å². The summed E-state index contributed by atoms with van der Waals surface area (Å²) in [5.74, 6) is 0. The van der Waals surface area contributed by atoms with Gasteiger partial charge >= 0.3 is 0 Å². The number of hydrogen-bond donors (Lipinski definition) is 0. The van der Waals surface area contributed by atoms with Gasteiger partial charge in [0.25, 0.3) is 0 Å². The number of nitriles is 1. The van der Waals surface area contributed by atoms with Gasteiger partial charge in [-0.3, -0.25) is 4.68 Å². The third kappa shape index (κ3) is 2.31. The maximum atomic E-state index is 8.86. The van der Waals surface area contributed by atoms with Crippen LogP contribution in [-0.2, 0) is 0 Å². The van der Waals surface area contributed by atoms with Crippen LogP contribution in [0.25, 0.3) is 0 Å². The predicted octanol–water partition coefficient (Wildman–Crippen LogP) is 3.15. The van der Waals surface area contributed by atoms with Crippen molar-refractivity contribution in [1.29, 1.82) is 5.26 Å². The molecule has 0 amide bonds. The largest absolute Gasteiger partial charge is 0.263 e. The fraction of sp³-hybridized carbons (Fsp3) is 0.167. The Balaban J connectivity index is 2.35. The molecule has 0 radical (unpaired) electrons. The molecule has 16 heavy (non-hydrogen) atoms. The normalized spacial score (nSPS) is 12.0. The summed E-state index contributed by atoms with van der Waals surface area (Å²) < 4.78 is 2.73. The molecule has 80 valence electrons. The lowest BCUT2D eigenvalue weighted by molar-refractivity contribution is 0.532. The van der Waals surface area contributed by atoms with Crippen LogP contribution >= 0.6 is 15.9 Å². The van der Waals surface area contributed by atoms with Crippen molar-refractivity contribution in [2.24, 2.45) is 0 Å². The molecule has 0 aliphatic carbocycles. The van der Waals surface area contributed by atoms with E-state index >= 15 is 0 Å². The van der Waals surface area contributed by atoms with Gasteiger partial charge in [-0.05, 0) is 21.5 Å². The van der Waals surface area contributed by atoms with Gasteiger partial charge in [0.15, 0.2) is 0 Å². The molecule has 2 aromatic rings. The number of nitrogens with zero attached hydrogens (tertiary/aromatic N) is 3. The molecule has 1 aromatic heterocycles. The molecule has 0 aliphatic heterocycles. The van der Waals surface area contributed by atoms with Crippen LogP contribution in [0.1, 0.15) is 18.0 Å². The van der Waals surface area contributed by atoms with Gasteiger partial charge in [-0.15, -0.1) is 0 Å². The molecule has 0 N–H and O–H groups in total. The summed E-state index contributed by atoms with van der Waals surface area (Å²) in [7, 11) is 0. The van der Waals surface area contributed by atoms with Gasteiger partial charge in [-0.25, -0.2) is 0 Å². The molecule has 1 heterocycles. The monoisotopic (exact) mass is 275 g/mol. The zero-order chi connectivity index (χ0) is 11.4. The Bertz CT molecular complexity index is 498. The number of benzene rings is 1. The minimum absolute atomic E-state index is 0.0162. The first-order chi connectivity index (χ1) is 7.81. The van der Waals surface area contributed by atoms with Crippen LogP contribution < -0.4 is 0 Å². The Kier molecular flexibility index (Phi) is 3.37. The minimum atomic E-state index is -0.0162. The summed E-state index contributed by atoms with van der Waals surface area (Å²) in [6.45, 7) is 0. The molecule has 4 heteroatoms. The number of hydrogen-bond acceptors (Lipinski definition) is 2. The van der Waals surface area contributed by atoms with Crippen LogP contribution in [0.5, 0.6) is 0 Å². The highest BCUT2D eigenvalue weighted by atomic mass is 79.9. The molecular formula is C12H10BrN3. The standard InChI is InChI=1S/C12H10BrN3/c13-11-8-15-16(9-11)12(6-7-14)10-4-2-1-3-5-10/h1-5,8-9,12H,6H2. The zero-order valence-corrected chi connectivity index (χ0v) is 10.1. The lowest BCUT2D eigenvalue weighted by atomic mass is 10.1. The number of rotatable bonds is 3. The molecule has 0 bridgehead atoms. The summed E-state index contributed by atoms with van der Waals surface area (Å²) in [6.07, 6.45) is 4.03. The summed E-state index contributed by atoms with van der Waals surface area (Å²) in [5, 5.41) is 13.1. The zero-order valence-electron chi connectivity index (χ0n) is 8.55. The lowest BCUT2D eigenvalue weighted by Gasteiger charge is -2.14. The molecule has 1 atom stereocenters. The second kappa shape index (κ2) is 4.95. The molecule has 3 nitrogen and oxygen atoms in total. The highest BCUT2D eigenvalue weighted by Crippen LogP contribution is 2.22. The Morgan fingerprint density at radius 1 is 1.38 bits per heavy atom. The molecule has 0 saturated carbocycles. The van der Waals surface area contributed by atoms with E-state index in [9.17, 15) is 0 Å². The van der Waals surface area contributed by atoms with Crippen molar-refractivity contribution in [2.75, 3.05) is 0 Å². The van der Waals surface area contributed by atoms with Gasteiger partial charge < -0.3 is 0 Å². The van der Waals surface area contributed by atoms with E-state index in [4.69, 9.17) is 5.26 Å². The third-order valence-electron chi connectivity index (χ3n) is 2.36. The van der Waals surface area contributed by atoms with Crippen molar-refractivity contribution < 1.29 is 0 Å². The number of halogens is 1. The Hall–Kier alpha value is -1.60. The van der Waals surface area contributed by atoms with Crippen molar-refractivity contribution in [1.82, 2.24) is 9.78 Å². The average Bonchev–Trinajstić information content (AvgIpc) is 2.74. The van der Waals surface area contributed by atoms with Crippen molar-refractivity contribution in [3.8, 4) is 6.07 Å². The summed E-state index contributed by atoms with van der Waals surface area (Å²) in [6, 6.07) is 12.1. The molecule has 0 saturated heterocycles. The van der Waals surface area contributed by atoms with Gasteiger partial charge in [-0.1, -0.05) is 30.3 Å². The van der Waals surface area contributed by atoms with E-state index in [1.807, 2.05) is 41.2 Å². The van der Waals surface area contributed by atoms with Crippen LogP contribution in [0.15, 0.2) is 47.2 Å². The Morgan fingerprint density at radius 2 is 2.12 bits per heavy atom. The van der Waals surface area contributed by atoms with Gasteiger partial charge in [0.1, 0.15) is 0 Å². The van der Waals surface area contributed by atoms with E-state index in [1.165, 1.54) is 0 Å². The van der Waals surface area contributed by atoms with Gasteiger partial charge in [-0.2, -0.15) is 10.4 Å². The van der Waals surface area contributed by atoms with Crippen molar-refractivity contribution >= 4 is 15.9 Å². The van der Waals surface area contributed by atoms with Crippen LogP contribution in [0, 0.1) is 11.3 Å². The van der Waals surface area contributed by atoms with E-state index in [0.29, 0.717) is 6.42 Å². The van der Waals surface area contributed by atoms with Crippen molar-refractivity contribution in [2.45, 2.75) is 12.5 Å². The highest BCUT2D eigenvalue weighted by molar-refractivity contribution is 9.10. The molecule has 1 aromatic carbocycles. The summed E-state index contributed by atoms with van der Waals surface area (Å²) >= 11 is 3.36. The average molecular weight is 276 g/mol. The quantitative estimate of drug-likeness (QED) is 0.864. The fourth-order valence-corrected chi connectivity index (χ4v) is 1.91. The molecule has 0 aliphatic rings. The van der Waals surface area contributed by atoms with E-state index in [1.54, 1.807) is 6.20 Å². The van der Waals surface area contributed by atoms with E-state index in [-0.39, 0.29) is 6.04 Å². The van der Waals surface area contributed by atoms with E-state index in [0.717, 1.165) is 10.0 Å². The van der Waals surface area contributed by atoms with E-state index < -0.39 is 0 Å². The smallest absolute Gasteiger partial charge is 0.0898 e. The number of aromatic nitrogens is 2. The summed E-state index contributed by atoms with van der Waals surface area (Å²) in [5.41, 5.74) is 1.10. The minimum Gasteiger partial charge on any atom is -0.263 e. The van der Waals surface area contributed by atoms with Gasteiger partial charge in [0.2, 0.25) is 0 Å². The molecule has 0 fully saturated rings. The maximum absolute atomic E-state index is 8.86. The third-order valence-corrected chi connectivity index (χ3v) is 2.77. The topological polar surface area (TPSA) is 41.6 Å². The molecule has 1 unspecified atom stereocenters. The molecule has 0 spiro atoms. The van der Waals surface area contributed by atoms with Crippen LogP contribution in [-0.4, -0.2) is 9.78 Å². The fourth-order valence-electron chi connectivity index (χ4n) is 1.61. The van der Waals surface area contributed by atoms with Gasteiger partial charge in [0, 0.05) is 6.20 Å². The predicted molar refractivity (Wildman–Crippen MR) is 64.7 cm³/mol.